The Morgan fingerprint density at radius 3 is 2.72 bits per heavy atom. The minimum Gasteiger partial charge on any atom is -0.393 e. The molecule has 0 aromatic carbocycles. The lowest BCUT2D eigenvalue weighted by Gasteiger charge is -2.56. The maximum atomic E-state index is 13.0. The van der Waals surface area contributed by atoms with Gasteiger partial charge in [0.15, 0.2) is 0 Å². The summed E-state index contributed by atoms with van der Waals surface area (Å²) in [5, 5.41) is 17.0. The molecule has 7 nitrogen and oxygen atoms in total. The van der Waals surface area contributed by atoms with Crippen LogP contribution in [-0.4, -0.2) is 37.3 Å². The van der Waals surface area contributed by atoms with Crippen LogP contribution in [0.1, 0.15) is 51.3 Å². The predicted octanol–water partition coefficient (Wildman–Crippen LogP) is 2.91. The molecule has 0 atom stereocenters. The molecule has 1 amide bonds. The molecular formula is C20H23ClN4O3S. The summed E-state index contributed by atoms with van der Waals surface area (Å²) in [5.41, 5.74) is 1.34. The van der Waals surface area contributed by atoms with Gasteiger partial charge in [0.05, 0.1) is 20.7 Å². The fraction of sp³-hybridized carbons (Fsp3) is 0.550. The maximum absolute atomic E-state index is 13.0. The van der Waals surface area contributed by atoms with E-state index < -0.39 is 0 Å². The van der Waals surface area contributed by atoms with Crippen molar-refractivity contribution < 1.29 is 9.90 Å². The van der Waals surface area contributed by atoms with Crippen molar-refractivity contribution in [1.29, 1.82) is 0 Å². The molecule has 2 fully saturated rings. The van der Waals surface area contributed by atoms with Crippen LogP contribution in [0, 0.1) is 5.41 Å². The van der Waals surface area contributed by atoms with Gasteiger partial charge in [-0.3, -0.25) is 14.0 Å². The summed E-state index contributed by atoms with van der Waals surface area (Å²) in [7, 11) is 0. The molecule has 0 aliphatic heterocycles. The Labute approximate surface area is 176 Å². The first-order valence-electron chi connectivity index (χ1n) is 9.94. The highest BCUT2D eigenvalue weighted by Gasteiger charge is 2.52. The molecule has 154 valence electrons. The quantitative estimate of drug-likeness (QED) is 0.660. The summed E-state index contributed by atoms with van der Waals surface area (Å²) in [5.74, 6) is 0.593. The maximum Gasteiger partial charge on any atom is 0.291 e. The largest absolute Gasteiger partial charge is 0.393 e. The van der Waals surface area contributed by atoms with Crippen LogP contribution in [0.15, 0.2) is 16.9 Å². The molecule has 5 rings (SSSR count). The van der Waals surface area contributed by atoms with Gasteiger partial charge >= 0.3 is 0 Å². The summed E-state index contributed by atoms with van der Waals surface area (Å²) in [4.78, 5) is 25.5. The van der Waals surface area contributed by atoms with Crippen molar-refractivity contribution in [2.24, 2.45) is 5.41 Å². The molecule has 2 aliphatic carbocycles. The fourth-order valence-corrected chi connectivity index (χ4v) is 6.12. The number of fused-ring (bicyclic) bond motifs is 3. The Morgan fingerprint density at radius 2 is 2.07 bits per heavy atom. The number of nitrogens with zero attached hydrogens (tertiary/aromatic N) is 3. The highest BCUT2D eigenvalue weighted by molar-refractivity contribution is 7.22. The van der Waals surface area contributed by atoms with Gasteiger partial charge in [-0.15, -0.1) is 11.3 Å². The zero-order valence-corrected chi connectivity index (χ0v) is 17.9. The Morgan fingerprint density at radius 1 is 1.34 bits per heavy atom. The lowest BCUT2D eigenvalue weighted by atomic mass is 9.53. The summed E-state index contributed by atoms with van der Waals surface area (Å²) in [6.45, 7) is 3.93. The van der Waals surface area contributed by atoms with Crippen molar-refractivity contribution in [3.63, 3.8) is 0 Å². The van der Waals surface area contributed by atoms with Crippen LogP contribution in [0.2, 0.25) is 4.34 Å². The number of halogens is 1. The Hall–Kier alpha value is -1.90. The molecule has 3 aromatic rings. The fourth-order valence-electron chi connectivity index (χ4n) is 4.96. The standard InChI is InChI=1S/C20H23ClN4O3S/c1-10(2)18-23-24(9-17(27)22-11-5-20(6-11)7-12(26)8-20)19(28)14-3-15-13(25(14)18)4-16(21)29-15/h3-4,10-12,26H,5-9H2,1-2H3,(H,22,27). The third-order valence-electron chi connectivity index (χ3n) is 6.24. The first kappa shape index (κ1) is 19.1. The van der Waals surface area contributed by atoms with E-state index in [9.17, 15) is 14.7 Å². The van der Waals surface area contributed by atoms with Crippen LogP contribution >= 0.6 is 22.9 Å². The Balaban J connectivity index is 1.40. The molecule has 0 unspecified atom stereocenters. The molecule has 0 radical (unpaired) electrons. The van der Waals surface area contributed by atoms with Crippen molar-refractivity contribution in [3.05, 3.63) is 32.6 Å². The molecule has 2 aliphatic rings. The van der Waals surface area contributed by atoms with Gasteiger partial charge in [0.2, 0.25) is 5.91 Å². The normalized spacial score (nSPS) is 26.2. The second kappa shape index (κ2) is 6.55. The van der Waals surface area contributed by atoms with E-state index in [2.05, 4.69) is 10.4 Å². The van der Waals surface area contributed by atoms with Crippen LogP contribution in [0.4, 0.5) is 0 Å². The number of hydrogen-bond acceptors (Lipinski definition) is 5. The Kier molecular flexibility index (Phi) is 4.31. The topological polar surface area (TPSA) is 88.6 Å². The highest BCUT2D eigenvalue weighted by atomic mass is 35.5. The van der Waals surface area contributed by atoms with E-state index in [1.165, 1.54) is 16.0 Å². The number of nitrogens with one attached hydrogen (secondary N) is 1. The highest BCUT2D eigenvalue weighted by Crippen LogP contribution is 2.55. The van der Waals surface area contributed by atoms with Gasteiger partial charge in [0, 0.05) is 12.0 Å². The molecule has 3 heterocycles. The van der Waals surface area contributed by atoms with Gasteiger partial charge < -0.3 is 10.4 Å². The third-order valence-corrected chi connectivity index (χ3v) is 7.44. The Bertz CT molecular complexity index is 1180. The molecule has 9 heteroatoms. The van der Waals surface area contributed by atoms with Crippen LogP contribution in [0.5, 0.6) is 0 Å². The average molecular weight is 435 g/mol. The number of thiophene rings is 1. The summed E-state index contributed by atoms with van der Waals surface area (Å²) >= 11 is 7.57. The number of carbonyl (C=O) groups is 1. The van der Waals surface area contributed by atoms with Crippen molar-refractivity contribution in [3.8, 4) is 0 Å². The number of aliphatic hydroxyl groups is 1. The molecule has 0 saturated heterocycles. The van der Waals surface area contributed by atoms with E-state index in [0.717, 1.165) is 41.7 Å². The van der Waals surface area contributed by atoms with E-state index in [-0.39, 0.29) is 41.5 Å². The van der Waals surface area contributed by atoms with Crippen LogP contribution in [0.25, 0.3) is 15.7 Å². The van der Waals surface area contributed by atoms with Crippen LogP contribution in [-0.2, 0) is 11.3 Å². The van der Waals surface area contributed by atoms with E-state index >= 15 is 0 Å². The second-order valence-corrected chi connectivity index (χ2v) is 10.6. The number of aliphatic hydroxyl groups excluding tert-OH is 1. The first-order valence-corrected chi connectivity index (χ1v) is 11.1. The van der Waals surface area contributed by atoms with Gasteiger partial charge in [-0.25, -0.2) is 4.68 Å². The van der Waals surface area contributed by atoms with Gasteiger partial charge in [0.1, 0.15) is 17.9 Å². The molecular weight excluding hydrogens is 412 g/mol. The van der Waals surface area contributed by atoms with E-state index in [0.29, 0.717) is 9.85 Å². The summed E-state index contributed by atoms with van der Waals surface area (Å²) in [6, 6.07) is 3.80. The van der Waals surface area contributed by atoms with Gasteiger partial charge in [-0.1, -0.05) is 25.4 Å². The van der Waals surface area contributed by atoms with Gasteiger partial charge in [-0.2, -0.15) is 5.10 Å². The van der Waals surface area contributed by atoms with Crippen molar-refractivity contribution in [2.45, 2.75) is 64.1 Å². The van der Waals surface area contributed by atoms with Gasteiger partial charge in [-0.05, 0) is 43.2 Å². The third kappa shape index (κ3) is 3.08. The minimum absolute atomic E-state index is 0.0678. The lowest BCUT2D eigenvalue weighted by molar-refractivity contribution is -0.129. The molecule has 3 aromatic heterocycles. The van der Waals surface area contributed by atoms with E-state index in [1.54, 1.807) is 0 Å². The smallest absolute Gasteiger partial charge is 0.291 e. The molecule has 1 spiro atoms. The first-order chi connectivity index (χ1) is 13.7. The van der Waals surface area contributed by atoms with E-state index in [1.807, 2.05) is 30.4 Å². The molecule has 2 N–H and O–H groups in total. The van der Waals surface area contributed by atoms with E-state index in [4.69, 9.17) is 11.6 Å². The molecule has 2 saturated carbocycles. The molecule has 0 bridgehead atoms. The van der Waals surface area contributed by atoms with Crippen molar-refractivity contribution in [1.82, 2.24) is 19.5 Å². The molecule has 29 heavy (non-hydrogen) atoms. The number of hydrogen-bond donors (Lipinski definition) is 2. The SMILES string of the molecule is CC(C)c1nn(CC(=O)NC2CC3(CC(O)C3)C2)c(=O)c2cc3sc(Cl)cc3n12. The van der Waals surface area contributed by atoms with Crippen LogP contribution in [0.3, 0.4) is 0 Å². The number of amides is 1. The number of carbonyl (C=O) groups excluding carboxylic acids is 1. The van der Waals surface area contributed by atoms with Gasteiger partial charge in [0.25, 0.3) is 5.56 Å². The predicted molar refractivity (Wildman–Crippen MR) is 113 cm³/mol. The lowest BCUT2D eigenvalue weighted by Crippen LogP contribution is -2.58. The van der Waals surface area contributed by atoms with Crippen molar-refractivity contribution in [2.75, 3.05) is 0 Å². The minimum atomic E-state index is -0.281. The zero-order valence-electron chi connectivity index (χ0n) is 16.3. The average Bonchev–Trinajstić information content (AvgIpc) is 3.10. The van der Waals surface area contributed by atoms with Crippen molar-refractivity contribution >= 4 is 44.6 Å². The zero-order chi connectivity index (χ0) is 20.5. The second-order valence-electron chi connectivity index (χ2n) is 8.88. The number of aromatic nitrogens is 3. The number of rotatable bonds is 4. The summed E-state index contributed by atoms with van der Waals surface area (Å²) < 4.78 is 4.73. The summed E-state index contributed by atoms with van der Waals surface area (Å²) in [6.07, 6.45) is 3.31. The van der Waals surface area contributed by atoms with Crippen LogP contribution < -0.4 is 10.9 Å². The monoisotopic (exact) mass is 434 g/mol.